The molecule has 0 bridgehead atoms. The molecule has 0 aliphatic carbocycles. The van der Waals surface area contributed by atoms with Gasteiger partial charge >= 0.3 is 12.1 Å². The van der Waals surface area contributed by atoms with E-state index >= 15 is 0 Å². The first-order valence-electron chi connectivity index (χ1n) is 5.98. The van der Waals surface area contributed by atoms with Crippen LogP contribution in [0.1, 0.15) is 40.5 Å². The zero-order valence-electron chi connectivity index (χ0n) is 11.3. The minimum Gasteiger partial charge on any atom is -0.465 e. The number of hydrogen-bond donors (Lipinski definition) is 1. The molecule has 0 aromatic rings. The van der Waals surface area contributed by atoms with Crippen LogP contribution in [-0.2, 0) is 9.53 Å². The number of alkyl halides is 3. The second-order valence-electron chi connectivity index (χ2n) is 5.61. The lowest BCUT2D eigenvalue weighted by Gasteiger charge is -2.29. The van der Waals surface area contributed by atoms with Gasteiger partial charge in [0.2, 0.25) is 0 Å². The molecule has 0 saturated carbocycles. The van der Waals surface area contributed by atoms with Crippen LogP contribution in [0.2, 0.25) is 0 Å². The average molecular weight is 269 g/mol. The van der Waals surface area contributed by atoms with Gasteiger partial charge < -0.3 is 10.5 Å². The fourth-order valence-electron chi connectivity index (χ4n) is 1.55. The van der Waals surface area contributed by atoms with E-state index < -0.39 is 29.5 Å². The summed E-state index contributed by atoms with van der Waals surface area (Å²) in [6, 6.07) is -2.18. The molecule has 0 aliphatic heterocycles. The summed E-state index contributed by atoms with van der Waals surface area (Å²) < 4.78 is 42.7. The van der Waals surface area contributed by atoms with Crippen LogP contribution in [0.5, 0.6) is 0 Å². The Hall–Kier alpha value is -0.780. The molecule has 0 saturated heterocycles. The Balaban J connectivity index is 4.88. The van der Waals surface area contributed by atoms with Crippen LogP contribution in [0.25, 0.3) is 0 Å². The van der Waals surface area contributed by atoms with Crippen LogP contribution in [-0.4, -0.2) is 24.8 Å². The van der Waals surface area contributed by atoms with Crippen molar-refractivity contribution in [2.75, 3.05) is 6.61 Å². The summed E-state index contributed by atoms with van der Waals surface area (Å²) in [5, 5.41) is 0. The summed E-state index contributed by atoms with van der Waals surface area (Å²) in [6.07, 6.45) is -3.99. The maximum Gasteiger partial charge on any atom is 0.404 e. The highest BCUT2D eigenvalue weighted by atomic mass is 19.4. The number of halogens is 3. The first-order chi connectivity index (χ1) is 7.99. The fraction of sp³-hybridized carbons (Fsp3) is 0.917. The summed E-state index contributed by atoms with van der Waals surface area (Å²) >= 11 is 0. The van der Waals surface area contributed by atoms with Crippen molar-refractivity contribution in [2.45, 2.75) is 52.8 Å². The molecule has 0 aliphatic rings. The summed E-state index contributed by atoms with van der Waals surface area (Å²) in [5.41, 5.74) is 4.72. The Kier molecular flexibility index (Phi) is 6.13. The third-order valence-corrected chi connectivity index (χ3v) is 2.39. The van der Waals surface area contributed by atoms with E-state index in [1.165, 1.54) is 0 Å². The molecule has 18 heavy (non-hydrogen) atoms. The largest absolute Gasteiger partial charge is 0.465 e. The van der Waals surface area contributed by atoms with E-state index in [2.05, 4.69) is 0 Å². The Morgan fingerprint density at radius 2 is 1.78 bits per heavy atom. The molecule has 0 unspecified atom stereocenters. The van der Waals surface area contributed by atoms with E-state index in [9.17, 15) is 18.0 Å². The van der Waals surface area contributed by atoms with E-state index in [1.54, 1.807) is 27.7 Å². The van der Waals surface area contributed by atoms with Crippen LogP contribution in [0, 0.1) is 11.3 Å². The molecule has 0 heterocycles. The zero-order chi connectivity index (χ0) is 14.6. The first kappa shape index (κ1) is 17.2. The fourth-order valence-corrected chi connectivity index (χ4v) is 1.55. The van der Waals surface area contributed by atoms with Gasteiger partial charge in [0.1, 0.15) is 6.04 Å². The standard InChI is InChI=1S/C12H22F3NO2/c1-5-6-18-10(17)8(7-11(2,3)4)9(16)12(13,14)15/h8-9H,5-7,16H2,1-4H3/t8-,9-/m0/s1. The summed E-state index contributed by atoms with van der Waals surface area (Å²) in [4.78, 5) is 11.7. The minimum absolute atomic E-state index is 0.0379. The maximum atomic E-state index is 12.6. The Labute approximate surface area is 106 Å². The van der Waals surface area contributed by atoms with E-state index in [0.717, 1.165) is 0 Å². The lowest BCUT2D eigenvalue weighted by Crippen LogP contribution is -2.48. The van der Waals surface area contributed by atoms with Crippen LogP contribution in [0.3, 0.4) is 0 Å². The van der Waals surface area contributed by atoms with Gasteiger partial charge in [0.25, 0.3) is 0 Å². The molecule has 108 valence electrons. The van der Waals surface area contributed by atoms with Gasteiger partial charge in [-0.2, -0.15) is 13.2 Å². The molecule has 0 aromatic carbocycles. The van der Waals surface area contributed by atoms with Crippen molar-refractivity contribution in [1.29, 1.82) is 0 Å². The van der Waals surface area contributed by atoms with Crippen LogP contribution in [0.4, 0.5) is 13.2 Å². The van der Waals surface area contributed by atoms with E-state index in [-0.39, 0.29) is 13.0 Å². The highest BCUT2D eigenvalue weighted by molar-refractivity contribution is 5.73. The summed E-state index contributed by atoms with van der Waals surface area (Å²) in [5.74, 6) is -2.21. The van der Waals surface area contributed by atoms with Crippen molar-refractivity contribution in [2.24, 2.45) is 17.1 Å². The van der Waals surface area contributed by atoms with Crippen molar-refractivity contribution in [3.05, 3.63) is 0 Å². The molecule has 6 heteroatoms. The van der Waals surface area contributed by atoms with Crippen molar-refractivity contribution in [3.8, 4) is 0 Å². The van der Waals surface area contributed by atoms with Crippen molar-refractivity contribution in [3.63, 3.8) is 0 Å². The molecular formula is C12H22F3NO2. The number of carbonyl (C=O) groups is 1. The highest BCUT2D eigenvalue weighted by Crippen LogP contribution is 2.33. The molecule has 2 N–H and O–H groups in total. The Bertz CT molecular complexity index is 271. The molecule has 0 radical (unpaired) electrons. The van der Waals surface area contributed by atoms with E-state index in [0.29, 0.717) is 6.42 Å². The number of esters is 1. The highest BCUT2D eigenvalue weighted by Gasteiger charge is 2.46. The first-order valence-corrected chi connectivity index (χ1v) is 5.98. The Morgan fingerprint density at radius 1 is 1.28 bits per heavy atom. The lowest BCUT2D eigenvalue weighted by molar-refractivity contribution is -0.178. The summed E-state index contributed by atoms with van der Waals surface area (Å²) in [6.45, 7) is 7.17. The van der Waals surface area contributed by atoms with E-state index in [4.69, 9.17) is 10.5 Å². The SMILES string of the molecule is CCCOC(=O)[C@@H](CC(C)(C)C)[C@H](N)C(F)(F)F. The number of carbonyl (C=O) groups excluding carboxylic acids is 1. The maximum absolute atomic E-state index is 12.6. The van der Waals surface area contributed by atoms with Crippen molar-refractivity contribution < 1.29 is 22.7 Å². The van der Waals surface area contributed by atoms with Gasteiger partial charge in [-0.05, 0) is 18.3 Å². The second kappa shape index (κ2) is 6.41. The van der Waals surface area contributed by atoms with Gasteiger partial charge in [-0.3, -0.25) is 4.79 Å². The van der Waals surface area contributed by atoms with Gasteiger partial charge in [-0.25, -0.2) is 0 Å². The van der Waals surface area contributed by atoms with Crippen molar-refractivity contribution >= 4 is 5.97 Å². The summed E-state index contributed by atoms with van der Waals surface area (Å²) in [7, 11) is 0. The van der Waals surface area contributed by atoms with Gasteiger partial charge in [0.05, 0.1) is 12.5 Å². The Morgan fingerprint density at radius 3 is 2.11 bits per heavy atom. The van der Waals surface area contributed by atoms with Gasteiger partial charge in [-0.15, -0.1) is 0 Å². The lowest BCUT2D eigenvalue weighted by atomic mass is 9.81. The predicted octanol–water partition coefficient (Wildman–Crippen LogP) is 2.88. The quantitative estimate of drug-likeness (QED) is 0.781. The molecule has 0 aromatic heterocycles. The molecule has 0 fully saturated rings. The molecule has 2 atom stereocenters. The molecule has 0 rings (SSSR count). The van der Waals surface area contributed by atoms with Crippen LogP contribution in [0.15, 0.2) is 0 Å². The minimum atomic E-state index is -4.60. The smallest absolute Gasteiger partial charge is 0.404 e. The molecule has 0 spiro atoms. The number of nitrogens with two attached hydrogens (primary N) is 1. The van der Waals surface area contributed by atoms with Crippen LogP contribution >= 0.6 is 0 Å². The number of hydrogen-bond acceptors (Lipinski definition) is 3. The molecule has 3 nitrogen and oxygen atoms in total. The van der Waals surface area contributed by atoms with E-state index in [1.807, 2.05) is 0 Å². The third kappa shape index (κ3) is 6.23. The van der Waals surface area contributed by atoms with Gasteiger partial charge in [0.15, 0.2) is 0 Å². The molecule has 0 amide bonds. The monoisotopic (exact) mass is 269 g/mol. The third-order valence-electron chi connectivity index (χ3n) is 2.39. The number of ether oxygens (including phenoxy) is 1. The zero-order valence-corrected chi connectivity index (χ0v) is 11.3. The second-order valence-corrected chi connectivity index (χ2v) is 5.61. The normalized spacial score (nSPS) is 16.2. The van der Waals surface area contributed by atoms with Crippen LogP contribution < -0.4 is 5.73 Å². The predicted molar refractivity (Wildman–Crippen MR) is 62.8 cm³/mol. The van der Waals surface area contributed by atoms with Gasteiger partial charge in [0, 0.05) is 0 Å². The molecular weight excluding hydrogens is 247 g/mol. The number of rotatable bonds is 5. The topological polar surface area (TPSA) is 52.3 Å². The average Bonchev–Trinajstić information content (AvgIpc) is 2.18. The van der Waals surface area contributed by atoms with Crippen molar-refractivity contribution in [1.82, 2.24) is 0 Å². The van der Waals surface area contributed by atoms with Gasteiger partial charge in [-0.1, -0.05) is 27.7 Å².